The summed E-state index contributed by atoms with van der Waals surface area (Å²) in [6.45, 7) is 1.93. The van der Waals surface area contributed by atoms with Gasteiger partial charge in [0.05, 0.1) is 19.9 Å². The molecule has 0 fully saturated rings. The highest BCUT2D eigenvalue weighted by molar-refractivity contribution is 5.67. The van der Waals surface area contributed by atoms with Crippen molar-refractivity contribution >= 4 is 11.5 Å². The van der Waals surface area contributed by atoms with Crippen LogP contribution in [0.2, 0.25) is 0 Å². The lowest BCUT2D eigenvalue weighted by Crippen LogP contribution is -2.12. The molecule has 1 heterocycles. The average Bonchev–Trinajstić information content (AvgIpc) is 2.45. The lowest BCUT2D eigenvalue weighted by molar-refractivity contribution is 0.395. The van der Waals surface area contributed by atoms with Gasteiger partial charge < -0.3 is 14.4 Å². The number of anilines is 2. The van der Waals surface area contributed by atoms with Gasteiger partial charge in [-0.2, -0.15) is 0 Å². The van der Waals surface area contributed by atoms with E-state index in [2.05, 4.69) is 9.97 Å². The molecular weight excluding hydrogens is 242 g/mol. The standard InChI is InChI=1S/C14H17N3O2/c1-10-7-14(16-9-15-10)17(2)12-6-5-11(18-3)8-13(12)19-4/h5-9H,1-4H3. The van der Waals surface area contributed by atoms with Crippen molar-refractivity contribution in [2.24, 2.45) is 0 Å². The van der Waals surface area contributed by atoms with Gasteiger partial charge in [-0.25, -0.2) is 9.97 Å². The number of hydrogen-bond acceptors (Lipinski definition) is 5. The fraction of sp³-hybridized carbons (Fsp3) is 0.286. The molecule has 19 heavy (non-hydrogen) atoms. The number of aryl methyl sites for hydroxylation is 1. The van der Waals surface area contributed by atoms with Crippen LogP contribution in [0.25, 0.3) is 0 Å². The molecule has 5 heteroatoms. The summed E-state index contributed by atoms with van der Waals surface area (Å²) in [7, 11) is 5.20. The Kier molecular flexibility index (Phi) is 3.85. The summed E-state index contributed by atoms with van der Waals surface area (Å²) in [5.74, 6) is 2.31. The molecule has 0 aliphatic carbocycles. The zero-order valence-electron chi connectivity index (χ0n) is 11.5. The lowest BCUT2D eigenvalue weighted by Gasteiger charge is -2.21. The minimum absolute atomic E-state index is 0.734. The highest BCUT2D eigenvalue weighted by Crippen LogP contribution is 2.34. The van der Waals surface area contributed by atoms with Gasteiger partial charge in [0, 0.05) is 24.9 Å². The van der Waals surface area contributed by atoms with Gasteiger partial charge in [0.2, 0.25) is 0 Å². The second kappa shape index (κ2) is 5.56. The number of hydrogen-bond donors (Lipinski definition) is 0. The van der Waals surface area contributed by atoms with E-state index in [1.54, 1.807) is 20.5 Å². The van der Waals surface area contributed by atoms with E-state index in [9.17, 15) is 0 Å². The Morgan fingerprint density at radius 2 is 1.84 bits per heavy atom. The summed E-state index contributed by atoms with van der Waals surface area (Å²) in [4.78, 5) is 10.3. The van der Waals surface area contributed by atoms with Crippen LogP contribution in [-0.4, -0.2) is 31.2 Å². The quantitative estimate of drug-likeness (QED) is 0.844. The van der Waals surface area contributed by atoms with Crippen LogP contribution >= 0.6 is 0 Å². The second-order valence-electron chi connectivity index (χ2n) is 4.11. The molecule has 0 saturated carbocycles. The maximum absolute atomic E-state index is 5.40. The molecule has 0 bridgehead atoms. The molecule has 0 spiro atoms. The third-order valence-electron chi connectivity index (χ3n) is 2.88. The molecule has 1 aromatic carbocycles. The zero-order valence-corrected chi connectivity index (χ0v) is 11.5. The zero-order chi connectivity index (χ0) is 13.8. The van der Waals surface area contributed by atoms with E-state index in [4.69, 9.17) is 9.47 Å². The molecule has 0 saturated heterocycles. The molecule has 0 aliphatic rings. The predicted molar refractivity (Wildman–Crippen MR) is 74.4 cm³/mol. The Morgan fingerprint density at radius 3 is 2.47 bits per heavy atom. The summed E-state index contributed by atoms with van der Waals surface area (Å²) in [6.07, 6.45) is 1.55. The minimum Gasteiger partial charge on any atom is -0.497 e. The number of benzene rings is 1. The number of ether oxygens (including phenoxy) is 2. The van der Waals surface area contributed by atoms with Gasteiger partial charge in [-0.05, 0) is 19.1 Å². The van der Waals surface area contributed by atoms with Gasteiger partial charge in [0.25, 0.3) is 0 Å². The van der Waals surface area contributed by atoms with E-state index in [1.165, 1.54) is 0 Å². The molecule has 2 aromatic rings. The molecule has 100 valence electrons. The van der Waals surface area contributed by atoms with Crippen molar-refractivity contribution in [1.82, 2.24) is 9.97 Å². The van der Waals surface area contributed by atoms with Crippen LogP contribution in [0.15, 0.2) is 30.6 Å². The predicted octanol–water partition coefficient (Wildman–Crippen LogP) is 2.57. The van der Waals surface area contributed by atoms with E-state index in [0.717, 1.165) is 28.7 Å². The monoisotopic (exact) mass is 259 g/mol. The van der Waals surface area contributed by atoms with Gasteiger partial charge in [-0.1, -0.05) is 0 Å². The van der Waals surface area contributed by atoms with E-state index in [1.807, 2.05) is 43.1 Å². The van der Waals surface area contributed by atoms with Gasteiger partial charge in [-0.15, -0.1) is 0 Å². The largest absolute Gasteiger partial charge is 0.497 e. The number of aromatic nitrogens is 2. The van der Waals surface area contributed by atoms with Crippen LogP contribution in [0.3, 0.4) is 0 Å². The Bertz CT molecular complexity index is 572. The summed E-state index contributed by atoms with van der Waals surface area (Å²) in [5, 5.41) is 0. The summed E-state index contributed by atoms with van der Waals surface area (Å²) in [5.41, 5.74) is 1.84. The van der Waals surface area contributed by atoms with Crippen LogP contribution in [0.1, 0.15) is 5.69 Å². The fourth-order valence-corrected chi connectivity index (χ4v) is 1.81. The third-order valence-corrected chi connectivity index (χ3v) is 2.88. The first-order valence-electron chi connectivity index (χ1n) is 5.90. The molecule has 0 unspecified atom stereocenters. The van der Waals surface area contributed by atoms with Crippen molar-refractivity contribution in [3.63, 3.8) is 0 Å². The van der Waals surface area contributed by atoms with Gasteiger partial charge in [0.15, 0.2) is 0 Å². The van der Waals surface area contributed by atoms with Crippen molar-refractivity contribution in [1.29, 1.82) is 0 Å². The number of rotatable bonds is 4. The Morgan fingerprint density at radius 1 is 1.05 bits per heavy atom. The first-order valence-corrected chi connectivity index (χ1v) is 5.90. The highest BCUT2D eigenvalue weighted by atomic mass is 16.5. The highest BCUT2D eigenvalue weighted by Gasteiger charge is 2.12. The maximum Gasteiger partial charge on any atom is 0.146 e. The summed E-state index contributed by atoms with van der Waals surface area (Å²) < 4.78 is 10.6. The van der Waals surface area contributed by atoms with Crippen molar-refractivity contribution in [3.8, 4) is 11.5 Å². The first kappa shape index (κ1) is 13.1. The van der Waals surface area contributed by atoms with Gasteiger partial charge in [-0.3, -0.25) is 0 Å². The van der Waals surface area contributed by atoms with Crippen molar-refractivity contribution < 1.29 is 9.47 Å². The minimum atomic E-state index is 0.734. The van der Waals surface area contributed by atoms with Crippen LogP contribution in [0, 0.1) is 6.92 Å². The van der Waals surface area contributed by atoms with Crippen LogP contribution < -0.4 is 14.4 Å². The molecule has 0 atom stereocenters. The van der Waals surface area contributed by atoms with E-state index in [0.29, 0.717) is 0 Å². The molecule has 0 amide bonds. The van der Waals surface area contributed by atoms with Crippen molar-refractivity contribution in [2.45, 2.75) is 6.92 Å². The summed E-state index contributed by atoms with van der Waals surface area (Å²) >= 11 is 0. The first-order chi connectivity index (χ1) is 9.15. The molecule has 2 rings (SSSR count). The molecule has 5 nitrogen and oxygen atoms in total. The Balaban J connectivity index is 2.40. The molecule has 0 aliphatic heterocycles. The molecule has 1 aromatic heterocycles. The normalized spacial score (nSPS) is 10.1. The Hall–Kier alpha value is -2.30. The second-order valence-corrected chi connectivity index (χ2v) is 4.11. The van der Waals surface area contributed by atoms with Crippen LogP contribution in [-0.2, 0) is 0 Å². The average molecular weight is 259 g/mol. The molecule has 0 radical (unpaired) electrons. The fourth-order valence-electron chi connectivity index (χ4n) is 1.81. The number of nitrogens with zero attached hydrogens (tertiary/aromatic N) is 3. The molecular formula is C14H17N3O2. The Labute approximate surface area is 112 Å². The summed E-state index contributed by atoms with van der Waals surface area (Å²) in [6, 6.07) is 7.60. The third kappa shape index (κ3) is 2.76. The van der Waals surface area contributed by atoms with Gasteiger partial charge >= 0.3 is 0 Å². The van der Waals surface area contributed by atoms with Crippen molar-refractivity contribution in [3.05, 3.63) is 36.3 Å². The van der Waals surface area contributed by atoms with Crippen LogP contribution in [0.5, 0.6) is 11.5 Å². The SMILES string of the molecule is COc1ccc(N(C)c2cc(C)ncn2)c(OC)c1. The smallest absolute Gasteiger partial charge is 0.146 e. The lowest BCUT2D eigenvalue weighted by atomic mass is 10.2. The number of methoxy groups -OCH3 is 2. The topological polar surface area (TPSA) is 47.5 Å². The van der Waals surface area contributed by atoms with E-state index in [-0.39, 0.29) is 0 Å². The van der Waals surface area contributed by atoms with Crippen molar-refractivity contribution in [2.75, 3.05) is 26.2 Å². The van der Waals surface area contributed by atoms with Crippen LogP contribution in [0.4, 0.5) is 11.5 Å². The van der Waals surface area contributed by atoms with E-state index < -0.39 is 0 Å². The maximum atomic E-state index is 5.40. The molecule has 0 N–H and O–H groups in total. The van der Waals surface area contributed by atoms with Gasteiger partial charge in [0.1, 0.15) is 23.6 Å². The van der Waals surface area contributed by atoms with E-state index >= 15 is 0 Å².